The fourth-order valence-corrected chi connectivity index (χ4v) is 5.10. The van der Waals surface area contributed by atoms with Crippen molar-refractivity contribution in [3.05, 3.63) is 133 Å². The van der Waals surface area contributed by atoms with Crippen LogP contribution in [0.3, 0.4) is 0 Å². The SMILES string of the molecule is CC(=O)O.COc1ccc(CN2C(=O)CNC(=O)c3cc(Cl)ccc32)cc1.COc1ccc(Cn2c(=O)oc(=O)c3cc(Cl)ccc32)cc1. The van der Waals surface area contributed by atoms with Crippen molar-refractivity contribution in [3.8, 4) is 11.5 Å². The topological polar surface area (TPSA) is 157 Å². The second-order valence-corrected chi connectivity index (χ2v) is 11.3. The molecule has 1 aliphatic heterocycles. The van der Waals surface area contributed by atoms with Crippen LogP contribution in [0.5, 0.6) is 11.5 Å². The lowest BCUT2D eigenvalue weighted by molar-refractivity contribution is -0.134. The first kappa shape index (κ1) is 36.2. The van der Waals surface area contributed by atoms with E-state index in [1.807, 2.05) is 36.4 Å². The largest absolute Gasteiger partial charge is 0.497 e. The number of rotatable bonds is 6. The van der Waals surface area contributed by atoms with Crippen LogP contribution >= 0.6 is 23.2 Å². The zero-order chi connectivity index (χ0) is 35.7. The van der Waals surface area contributed by atoms with E-state index >= 15 is 0 Å². The molecule has 0 spiro atoms. The molecule has 14 heteroatoms. The Bertz CT molecular complexity index is 2090. The van der Waals surface area contributed by atoms with Crippen molar-refractivity contribution in [3.63, 3.8) is 0 Å². The molecule has 1 aliphatic rings. The zero-order valence-electron chi connectivity index (χ0n) is 26.6. The number of nitrogens with one attached hydrogen (secondary N) is 1. The van der Waals surface area contributed by atoms with Gasteiger partial charge in [-0.3, -0.25) is 19.0 Å². The van der Waals surface area contributed by atoms with E-state index < -0.39 is 17.4 Å². The van der Waals surface area contributed by atoms with E-state index in [2.05, 4.69) is 5.32 Å². The van der Waals surface area contributed by atoms with Gasteiger partial charge in [0.15, 0.2) is 0 Å². The van der Waals surface area contributed by atoms with Crippen molar-refractivity contribution in [2.75, 3.05) is 25.7 Å². The summed E-state index contributed by atoms with van der Waals surface area (Å²) in [5.74, 6) is -0.522. The highest BCUT2D eigenvalue weighted by molar-refractivity contribution is 6.31. The van der Waals surface area contributed by atoms with Gasteiger partial charge >= 0.3 is 11.4 Å². The maximum Gasteiger partial charge on any atom is 0.422 e. The number of methoxy groups -OCH3 is 2. The Balaban J connectivity index is 0.000000199. The molecule has 12 nitrogen and oxygen atoms in total. The molecule has 2 heterocycles. The molecule has 4 aromatic carbocycles. The first-order chi connectivity index (χ1) is 23.4. The van der Waals surface area contributed by atoms with Gasteiger partial charge in [-0.2, -0.15) is 0 Å². The van der Waals surface area contributed by atoms with E-state index in [1.54, 1.807) is 61.6 Å². The molecule has 0 saturated carbocycles. The smallest absolute Gasteiger partial charge is 0.422 e. The molecule has 5 aromatic rings. The third-order valence-corrected chi connectivity index (χ3v) is 7.53. The zero-order valence-corrected chi connectivity index (χ0v) is 28.1. The molecule has 0 radical (unpaired) electrons. The maximum absolute atomic E-state index is 12.4. The summed E-state index contributed by atoms with van der Waals surface area (Å²) in [4.78, 5) is 58.9. The predicted molar refractivity (Wildman–Crippen MR) is 185 cm³/mol. The minimum atomic E-state index is -0.833. The normalized spacial score (nSPS) is 12.0. The highest BCUT2D eigenvalue weighted by Gasteiger charge is 2.26. The molecule has 0 saturated heterocycles. The number of amides is 2. The third kappa shape index (κ3) is 9.49. The summed E-state index contributed by atoms with van der Waals surface area (Å²) in [5.41, 5.74) is 2.58. The van der Waals surface area contributed by atoms with Crippen LogP contribution in [0.25, 0.3) is 10.9 Å². The molecule has 0 aliphatic carbocycles. The van der Waals surface area contributed by atoms with Crippen molar-refractivity contribution in [2.45, 2.75) is 20.0 Å². The van der Waals surface area contributed by atoms with Crippen LogP contribution in [0.4, 0.5) is 5.69 Å². The van der Waals surface area contributed by atoms with E-state index in [9.17, 15) is 19.2 Å². The number of carbonyl (C=O) groups is 3. The van der Waals surface area contributed by atoms with Crippen molar-refractivity contribution in [2.24, 2.45) is 0 Å². The third-order valence-electron chi connectivity index (χ3n) is 7.06. The summed E-state index contributed by atoms with van der Waals surface area (Å²) in [5, 5.41) is 11.2. The Labute approximate surface area is 290 Å². The quantitative estimate of drug-likeness (QED) is 0.236. The number of halogens is 2. The number of nitrogens with zero attached hydrogens (tertiary/aromatic N) is 2. The van der Waals surface area contributed by atoms with Gasteiger partial charge in [-0.25, -0.2) is 9.59 Å². The van der Waals surface area contributed by atoms with Gasteiger partial charge in [0.05, 0.1) is 56.0 Å². The molecule has 0 unspecified atom stereocenters. The second-order valence-electron chi connectivity index (χ2n) is 10.4. The van der Waals surface area contributed by atoms with Gasteiger partial charge in [0.2, 0.25) is 5.91 Å². The molecule has 2 amide bonds. The Morgan fingerprint density at radius 3 is 1.92 bits per heavy atom. The van der Waals surface area contributed by atoms with Crippen LogP contribution in [0.1, 0.15) is 28.4 Å². The van der Waals surface area contributed by atoms with Gasteiger partial charge in [0.25, 0.3) is 11.9 Å². The lowest BCUT2D eigenvalue weighted by atomic mass is 10.1. The minimum Gasteiger partial charge on any atom is -0.497 e. The average molecular weight is 709 g/mol. The summed E-state index contributed by atoms with van der Waals surface area (Å²) in [7, 11) is 3.19. The number of hydrogen-bond acceptors (Lipinski definition) is 8. The number of hydrogen-bond donors (Lipinski definition) is 2. The molecule has 1 aromatic heterocycles. The number of anilines is 1. The van der Waals surface area contributed by atoms with Crippen LogP contribution in [-0.2, 0) is 22.7 Å². The monoisotopic (exact) mass is 707 g/mol. The minimum absolute atomic E-state index is 0.0404. The van der Waals surface area contributed by atoms with Crippen molar-refractivity contribution in [1.29, 1.82) is 0 Å². The Morgan fingerprint density at radius 2 is 1.35 bits per heavy atom. The first-order valence-electron chi connectivity index (χ1n) is 14.6. The van der Waals surface area contributed by atoms with Crippen LogP contribution in [0.2, 0.25) is 10.0 Å². The summed E-state index contributed by atoms with van der Waals surface area (Å²) in [6.07, 6.45) is 0. The van der Waals surface area contributed by atoms with Gasteiger partial charge in [-0.15, -0.1) is 0 Å². The van der Waals surface area contributed by atoms with Crippen LogP contribution in [0, 0.1) is 0 Å². The number of carboxylic acid groups (broad SMARTS) is 1. The number of carbonyl (C=O) groups excluding carboxylic acids is 2. The molecule has 0 bridgehead atoms. The predicted octanol–water partition coefficient (Wildman–Crippen LogP) is 5.38. The standard InChI is InChI=1S/C17H15ClN2O3.C16H12ClNO4.C2H4O2/c1-23-13-5-2-11(3-6-13)10-20-15-7-4-12(18)8-14(15)17(22)19-9-16(20)21;1-21-12-5-2-10(3-6-12)9-18-14-7-4-11(17)8-13(14)15(19)22-16(18)20;1-2(3)4/h2-8H,9-10H2,1H3,(H,19,22);2-8H,9H2,1H3;1H3,(H,3,4). The summed E-state index contributed by atoms with van der Waals surface area (Å²) >= 11 is 11.9. The average Bonchev–Trinajstić information content (AvgIpc) is 3.19. The molecular weight excluding hydrogens is 677 g/mol. The van der Waals surface area contributed by atoms with E-state index in [1.165, 1.54) is 10.6 Å². The highest BCUT2D eigenvalue weighted by atomic mass is 35.5. The second kappa shape index (κ2) is 16.5. The lowest BCUT2D eigenvalue weighted by Crippen LogP contribution is -2.36. The molecule has 49 heavy (non-hydrogen) atoms. The molecule has 0 atom stereocenters. The number of aliphatic carboxylic acids is 1. The fraction of sp³-hybridized carbons (Fsp3) is 0.171. The van der Waals surface area contributed by atoms with Gasteiger partial charge < -0.3 is 29.2 Å². The molecule has 254 valence electrons. The molecule has 2 N–H and O–H groups in total. The van der Waals surface area contributed by atoms with Crippen molar-refractivity contribution < 1.29 is 33.4 Å². The lowest BCUT2D eigenvalue weighted by Gasteiger charge is -2.22. The van der Waals surface area contributed by atoms with E-state index in [0.29, 0.717) is 33.4 Å². The molecule has 0 fully saturated rings. The van der Waals surface area contributed by atoms with Crippen LogP contribution in [-0.4, -0.2) is 48.2 Å². The van der Waals surface area contributed by atoms with Gasteiger partial charge in [0.1, 0.15) is 11.5 Å². The Kier molecular flexibility index (Phi) is 12.2. The number of aromatic nitrogens is 1. The number of carboxylic acids is 1. The Morgan fingerprint density at radius 1 is 0.816 bits per heavy atom. The maximum atomic E-state index is 12.4. The van der Waals surface area contributed by atoms with Gasteiger partial charge in [0, 0.05) is 17.0 Å². The van der Waals surface area contributed by atoms with E-state index in [0.717, 1.165) is 29.5 Å². The van der Waals surface area contributed by atoms with E-state index in [-0.39, 0.29) is 30.3 Å². The Hall–Kier alpha value is -5.59. The number of benzene rings is 4. The number of ether oxygens (including phenoxy) is 2. The molecular formula is C35H31Cl2N3O9. The highest BCUT2D eigenvalue weighted by Crippen LogP contribution is 2.28. The first-order valence-corrected chi connectivity index (χ1v) is 15.3. The molecule has 6 rings (SSSR count). The van der Waals surface area contributed by atoms with Crippen molar-refractivity contribution >= 4 is 57.6 Å². The van der Waals surface area contributed by atoms with Gasteiger partial charge in [-0.1, -0.05) is 47.5 Å². The summed E-state index contributed by atoms with van der Waals surface area (Å²) in [6.45, 7) is 1.69. The number of fused-ring (bicyclic) bond motifs is 2. The van der Waals surface area contributed by atoms with Crippen LogP contribution in [0.15, 0.2) is 98.9 Å². The summed E-state index contributed by atoms with van der Waals surface area (Å²) < 4.78 is 16.4. The van der Waals surface area contributed by atoms with Crippen molar-refractivity contribution in [1.82, 2.24) is 9.88 Å². The van der Waals surface area contributed by atoms with Crippen LogP contribution < -0.4 is 31.1 Å². The summed E-state index contributed by atoms with van der Waals surface area (Å²) in [6, 6.07) is 24.5. The van der Waals surface area contributed by atoms with E-state index in [4.69, 9.17) is 47.0 Å². The fourth-order valence-electron chi connectivity index (χ4n) is 4.75. The van der Waals surface area contributed by atoms with Gasteiger partial charge in [-0.05, 0) is 71.8 Å².